The molecule has 0 aromatic heterocycles. The monoisotopic (exact) mass is 501 g/mol. The quantitative estimate of drug-likeness (QED) is 0.348. The van der Waals surface area contributed by atoms with E-state index >= 15 is 0 Å². The summed E-state index contributed by atoms with van der Waals surface area (Å²) >= 11 is 0. The van der Waals surface area contributed by atoms with Gasteiger partial charge < -0.3 is 10.2 Å². The number of sulfonamides is 1. The Bertz CT molecular complexity index is 539. The van der Waals surface area contributed by atoms with Gasteiger partial charge in [0.1, 0.15) is 0 Å². The first-order valence-corrected chi connectivity index (χ1v) is 11.3. The molecule has 2 rings (SSSR count). The van der Waals surface area contributed by atoms with E-state index < -0.39 is 10.0 Å². The summed E-state index contributed by atoms with van der Waals surface area (Å²) in [5.41, 5.74) is 0. The summed E-state index contributed by atoms with van der Waals surface area (Å²) in [7, 11) is -1.20. The minimum absolute atomic E-state index is 0. The van der Waals surface area contributed by atoms with Crippen LogP contribution in [0.3, 0.4) is 0 Å². The van der Waals surface area contributed by atoms with Crippen molar-refractivity contribution in [1.29, 1.82) is 0 Å². The Labute approximate surface area is 176 Å². The Morgan fingerprint density at radius 3 is 2.15 bits per heavy atom. The zero-order valence-electron chi connectivity index (χ0n) is 16.6. The van der Waals surface area contributed by atoms with Gasteiger partial charge in [-0.3, -0.25) is 9.89 Å². The van der Waals surface area contributed by atoms with E-state index in [-0.39, 0.29) is 24.0 Å². The van der Waals surface area contributed by atoms with E-state index in [2.05, 4.69) is 34.0 Å². The number of piperidine rings is 1. The van der Waals surface area contributed by atoms with Crippen LogP contribution >= 0.6 is 24.0 Å². The maximum absolute atomic E-state index is 11.6. The van der Waals surface area contributed by atoms with Gasteiger partial charge in [-0.1, -0.05) is 13.8 Å². The van der Waals surface area contributed by atoms with E-state index in [1.807, 2.05) is 7.05 Å². The first kappa shape index (κ1) is 23.9. The minimum atomic E-state index is -3.04. The predicted molar refractivity (Wildman–Crippen MR) is 119 cm³/mol. The summed E-state index contributed by atoms with van der Waals surface area (Å²) in [6.07, 6.45) is 3.13. The molecule has 0 aromatic carbocycles. The van der Waals surface area contributed by atoms with Crippen LogP contribution in [-0.2, 0) is 10.0 Å². The van der Waals surface area contributed by atoms with Crippen LogP contribution in [0.25, 0.3) is 0 Å². The van der Waals surface area contributed by atoms with Gasteiger partial charge >= 0.3 is 0 Å². The van der Waals surface area contributed by atoms with Crippen molar-refractivity contribution in [3.63, 3.8) is 0 Å². The summed E-state index contributed by atoms with van der Waals surface area (Å²) in [5.74, 6) is 2.20. The van der Waals surface area contributed by atoms with Gasteiger partial charge in [0.05, 0.1) is 6.26 Å². The van der Waals surface area contributed by atoms with Crippen molar-refractivity contribution in [2.45, 2.75) is 26.7 Å². The second kappa shape index (κ2) is 11.0. The fourth-order valence-electron chi connectivity index (χ4n) is 3.67. The molecule has 0 unspecified atom stereocenters. The second-order valence-electron chi connectivity index (χ2n) is 7.72. The third-order valence-corrected chi connectivity index (χ3v) is 6.40. The van der Waals surface area contributed by atoms with Crippen LogP contribution < -0.4 is 5.32 Å². The van der Waals surface area contributed by atoms with Gasteiger partial charge in [-0.25, -0.2) is 12.7 Å². The van der Waals surface area contributed by atoms with Crippen molar-refractivity contribution >= 4 is 40.0 Å². The van der Waals surface area contributed by atoms with Crippen molar-refractivity contribution < 1.29 is 8.42 Å². The first-order valence-electron chi connectivity index (χ1n) is 9.42. The highest BCUT2D eigenvalue weighted by Crippen LogP contribution is 2.18. The molecule has 2 aliphatic heterocycles. The molecule has 2 heterocycles. The lowest BCUT2D eigenvalue weighted by atomic mass is 9.98. The number of halogens is 1. The van der Waals surface area contributed by atoms with Crippen molar-refractivity contribution in [1.82, 2.24) is 19.4 Å². The molecule has 0 amide bonds. The summed E-state index contributed by atoms with van der Waals surface area (Å²) in [4.78, 5) is 9.30. The van der Waals surface area contributed by atoms with E-state index in [1.165, 1.54) is 12.8 Å². The Balaban J connectivity index is 0.00000338. The topological polar surface area (TPSA) is 68.2 Å². The molecule has 0 bridgehead atoms. The lowest BCUT2D eigenvalue weighted by Gasteiger charge is -2.38. The lowest BCUT2D eigenvalue weighted by Crippen LogP contribution is -2.53. The summed E-state index contributed by atoms with van der Waals surface area (Å²) < 4.78 is 24.8. The zero-order chi connectivity index (χ0) is 18.4. The SMILES string of the molecule is CN=C(NCC1CCN(S(C)(=O)=O)CC1)N1CCN(CC(C)C)CC1.I. The molecule has 0 aromatic rings. The van der Waals surface area contributed by atoms with Gasteiger partial charge in [0.25, 0.3) is 0 Å². The molecule has 0 spiro atoms. The number of guanidine groups is 1. The summed E-state index contributed by atoms with van der Waals surface area (Å²) in [6, 6.07) is 0. The normalized spacial score (nSPS) is 21.7. The molecule has 9 heteroatoms. The third kappa shape index (κ3) is 7.47. The molecule has 0 radical (unpaired) electrons. The molecular weight excluding hydrogens is 465 g/mol. The molecular formula is C17H36IN5O2S. The minimum Gasteiger partial charge on any atom is -0.356 e. The maximum atomic E-state index is 11.6. The van der Waals surface area contributed by atoms with Crippen LogP contribution in [-0.4, -0.2) is 94.1 Å². The molecule has 154 valence electrons. The highest BCUT2D eigenvalue weighted by atomic mass is 127. The fraction of sp³-hybridized carbons (Fsp3) is 0.941. The average molecular weight is 501 g/mol. The van der Waals surface area contributed by atoms with Gasteiger partial charge in [0.15, 0.2) is 5.96 Å². The molecule has 2 aliphatic rings. The Hall–Kier alpha value is -0.130. The molecule has 1 N–H and O–H groups in total. The van der Waals surface area contributed by atoms with Crippen molar-refractivity contribution in [2.24, 2.45) is 16.8 Å². The number of hydrogen-bond donors (Lipinski definition) is 1. The standard InChI is InChI=1S/C17H35N5O2S.HI/c1-15(2)14-20-9-11-21(12-10-20)17(18-3)19-13-16-5-7-22(8-6-16)25(4,23)24;/h15-16H,5-14H2,1-4H3,(H,18,19);1H. The third-order valence-electron chi connectivity index (χ3n) is 5.10. The van der Waals surface area contributed by atoms with Crippen molar-refractivity contribution in [2.75, 3.05) is 65.7 Å². The fourth-order valence-corrected chi connectivity index (χ4v) is 4.55. The lowest BCUT2D eigenvalue weighted by molar-refractivity contribution is 0.163. The van der Waals surface area contributed by atoms with Gasteiger partial charge in [-0.2, -0.15) is 0 Å². The zero-order valence-corrected chi connectivity index (χ0v) is 19.8. The van der Waals surface area contributed by atoms with E-state index in [0.717, 1.165) is 51.5 Å². The molecule has 0 aliphatic carbocycles. The number of rotatable bonds is 5. The van der Waals surface area contributed by atoms with Crippen LogP contribution in [0.5, 0.6) is 0 Å². The molecule has 26 heavy (non-hydrogen) atoms. The van der Waals surface area contributed by atoms with Crippen LogP contribution in [0.15, 0.2) is 4.99 Å². The first-order chi connectivity index (χ1) is 11.8. The Kier molecular flexibility index (Phi) is 10.1. The molecule has 0 atom stereocenters. The van der Waals surface area contributed by atoms with Crippen LogP contribution in [0.2, 0.25) is 0 Å². The van der Waals surface area contributed by atoms with Gasteiger partial charge in [0.2, 0.25) is 10.0 Å². The molecule has 2 fully saturated rings. The van der Waals surface area contributed by atoms with Crippen LogP contribution in [0.4, 0.5) is 0 Å². The molecule has 0 saturated carbocycles. The number of hydrogen-bond acceptors (Lipinski definition) is 4. The van der Waals surface area contributed by atoms with E-state index in [4.69, 9.17) is 0 Å². The van der Waals surface area contributed by atoms with Crippen LogP contribution in [0, 0.1) is 11.8 Å². The smallest absolute Gasteiger partial charge is 0.211 e. The van der Waals surface area contributed by atoms with E-state index in [1.54, 1.807) is 4.31 Å². The number of piperazine rings is 1. The predicted octanol–water partition coefficient (Wildman–Crippen LogP) is 1.13. The highest BCUT2D eigenvalue weighted by molar-refractivity contribution is 14.0. The largest absolute Gasteiger partial charge is 0.356 e. The molecule has 7 nitrogen and oxygen atoms in total. The number of aliphatic imine (C=N–C) groups is 1. The molecule has 2 saturated heterocycles. The van der Waals surface area contributed by atoms with Crippen molar-refractivity contribution in [3.8, 4) is 0 Å². The van der Waals surface area contributed by atoms with Gasteiger partial charge in [-0.15, -0.1) is 24.0 Å². The average Bonchev–Trinajstić information content (AvgIpc) is 2.56. The van der Waals surface area contributed by atoms with Gasteiger partial charge in [0, 0.05) is 59.4 Å². The summed E-state index contributed by atoms with van der Waals surface area (Å²) in [5, 5.41) is 3.51. The highest BCUT2D eigenvalue weighted by Gasteiger charge is 2.26. The summed E-state index contributed by atoms with van der Waals surface area (Å²) in [6.45, 7) is 12.0. The Morgan fingerprint density at radius 1 is 1.12 bits per heavy atom. The number of nitrogens with one attached hydrogen (secondary N) is 1. The second-order valence-corrected chi connectivity index (χ2v) is 9.70. The van der Waals surface area contributed by atoms with Gasteiger partial charge in [-0.05, 0) is 24.7 Å². The Morgan fingerprint density at radius 2 is 1.69 bits per heavy atom. The van der Waals surface area contributed by atoms with E-state index in [0.29, 0.717) is 24.9 Å². The number of nitrogens with zero attached hydrogens (tertiary/aromatic N) is 4. The maximum Gasteiger partial charge on any atom is 0.211 e. The van der Waals surface area contributed by atoms with Crippen LogP contribution in [0.1, 0.15) is 26.7 Å². The van der Waals surface area contributed by atoms with Crippen molar-refractivity contribution in [3.05, 3.63) is 0 Å². The van der Waals surface area contributed by atoms with E-state index in [9.17, 15) is 8.42 Å².